The summed E-state index contributed by atoms with van der Waals surface area (Å²) in [6, 6.07) is 7.58. The smallest absolute Gasteiger partial charge is 0.0354 e. The number of hydrogen-bond donors (Lipinski definition) is 2. The van der Waals surface area contributed by atoms with Crippen LogP contribution in [-0.2, 0) is 6.54 Å². The van der Waals surface area contributed by atoms with Crippen molar-refractivity contribution in [3.8, 4) is 0 Å². The van der Waals surface area contributed by atoms with Crippen LogP contribution in [0, 0.1) is 5.21 Å². The van der Waals surface area contributed by atoms with E-state index >= 15 is 0 Å². The van der Waals surface area contributed by atoms with Gasteiger partial charge in [0.05, 0.1) is 0 Å². The maximum absolute atomic E-state index is 10.5. The number of piperazine rings is 1. The lowest BCUT2D eigenvalue weighted by atomic mass is 10.2. The maximum atomic E-state index is 10.5. The molecule has 0 aromatic heterocycles. The zero-order valence-electron chi connectivity index (χ0n) is 12.7. The van der Waals surface area contributed by atoms with E-state index in [4.69, 9.17) is 5.21 Å². The fraction of sp³-hybridized carbons (Fsp3) is 0.600. The second-order valence-electron chi connectivity index (χ2n) is 5.63. The highest BCUT2D eigenvalue weighted by Gasteiger charge is 2.12. The molecule has 1 aliphatic rings. The predicted molar refractivity (Wildman–Crippen MR) is 84.2 cm³/mol. The van der Waals surface area contributed by atoms with Crippen LogP contribution in [0.5, 0.6) is 0 Å². The van der Waals surface area contributed by atoms with Gasteiger partial charge >= 0.3 is 0 Å². The average Bonchev–Trinajstić information content (AvgIpc) is 2.46. The van der Waals surface area contributed by atoms with Gasteiger partial charge in [0.2, 0.25) is 0 Å². The Kier molecular flexibility index (Phi) is 6.41. The van der Waals surface area contributed by atoms with Crippen molar-refractivity contribution in [2.75, 3.05) is 51.6 Å². The van der Waals surface area contributed by atoms with Gasteiger partial charge in [0.1, 0.15) is 0 Å². The number of likely N-dealkylation sites (N-methyl/N-ethyl adjacent to an activating group) is 1. The van der Waals surface area contributed by atoms with Gasteiger partial charge in [-0.15, -0.1) is 0 Å². The number of anilines is 1. The molecule has 0 atom stereocenters. The summed E-state index contributed by atoms with van der Waals surface area (Å²) in [5, 5.41) is 22.5. The second-order valence-corrected chi connectivity index (χ2v) is 5.63. The Morgan fingerprint density at radius 3 is 2.48 bits per heavy atom. The van der Waals surface area contributed by atoms with E-state index in [9.17, 15) is 5.21 Å². The maximum Gasteiger partial charge on any atom is 0.0354 e. The van der Waals surface area contributed by atoms with Gasteiger partial charge < -0.3 is 25.5 Å². The largest absolute Gasteiger partial charge is 0.762 e. The summed E-state index contributed by atoms with van der Waals surface area (Å²) in [6.45, 7) is 6.74. The van der Waals surface area contributed by atoms with Crippen LogP contribution in [0.1, 0.15) is 12.0 Å². The minimum Gasteiger partial charge on any atom is -0.762 e. The number of rotatable bonds is 7. The summed E-state index contributed by atoms with van der Waals surface area (Å²) < 4.78 is 0. The van der Waals surface area contributed by atoms with Crippen molar-refractivity contribution in [3.05, 3.63) is 35.0 Å². The molecule has 0 radical (unpaired) electrons. The molecule has 1 saturated heterocycles. The molecule has 118 valence electrons. The molecule has 1 aromatic carbocycles. The van der Waals surface area contributed by atoms with Gasteiger partial charge in [-0.25, -0.2) is 0 Å². The van der Waals surface area contributed by atoms with E-state index in [0.717, 1.165) is 56.9 Å². The zero-order valence-corrected chi connectivity index (χ0v) is 12.7. The summed E-state index contributed by atoms with van der Waals surface area (Å²) in [5.41, 5.74) is 1.85. The average molecular weight is 293 g/mol. The molecule has 1 heterocycles. The van der Waals surface area contributed by atoms with E-state index in [1.165, 1.54) is 0 Å². The van der Waals surface area contributed by atoms with E-state index in [0.29, 0.717) is 0 Å². The molecule has 1 fully saturated rings. The lowest BCUT2D eigenvalue weighted by Gasteiger charge is -2.32. The Bertz CT molecular complexity index is 403. The first-order valence-corrected chi connectivity index (χ1v) is 7.51. The minimum absolute atomic E-state index is 0.00366. The van der Waals surface area contributed by atoms with Crippen molar-refractivity contribution in [2.24, 2.45) is 0 Å². The quantitative estimate of drug-likeness (QED) is 0.585. The highest BCUT2D eigenvalue weighted by atomic mass is 16.8. The van der Waals surface area contributed by atoms with Crippen molar-refractivity contribution < 1.29 is 5.21 Å². The molecule has 6 heteroatoms. The molecular weight excluding hydrogens is 268 g/mol. The topological polar surface area (TPSA) is 65.0 Å². The molecule has 0 unspecified atom stereocenters. The summed E-state index contributed by atoms with van der Waals surface area (Å²) >= 11 is 0. The van der Waals surface area contributed by atoms with E-state index < -0.39 is 0 Å². The van der Waals surface area contributed by atoms with Crippen molar-refractivity contribution in [1.82, 2.24) is 15.0 Å². The Hall–Kier alpha value is -1.18. The molecule has 0 saturated carbocycles. The van der Waals surface area contributed by atoms with Crippen molar-refractivity contribution in [2.45, 2.75) is 13.0 Å². The lowest BCUT2D eigenvalue weighted by Crippen LogP contribution is -2.44. The molecule has 0 bridgehead atoms. The number of hydrogen-bond acceptors (Lipinski definition) is 6. The Morgan fingerprint density at radius 2 is 1.86 bits per heavy atom. The third-order valence-corrected chi connectivity index (χ3v) is 3.85. The van der Waals surface area contributed by atoms with Crippen molar-refractivity contribution in [3.63, 3.8) is 0 Å². The molecule has 21 heavy (non-hydrogen) atoms. The molecule has 0 amide bonds. The lowest BCUT2D eigenvalue weighted by molar-refractivity contribution is -0.0487. The van der Waals surface area contributed by atoms with E-state index in [-0.39, 0.29) is 11.8 Å². The van der Waals surface area contributed by atoms with E-state index in [1.54, 1.807) is 0 Å². The zero-order chi connectivity index (χ0) is 15.1. The normalized spacial score (nSPS) is 17.3. The number of nitrogens with zero attached hydrogens (tertiary/aromatic N) is 3. The molecule has 2 N–H and O–H groups in total. The van der Waals surface area contributed by atoms with E-state index in [2.05, 4.69) is 22.2 Å². The molecule has 0 aliphatic carbocycles. The van der Waals surface area contributed by atoms with Crippen molar-refractivity contribution >= 4 is 5.69 Å². The third kappa shape index (κ3) is 5.99. The predicted octanol–water partition coefficient (Wildman–Crippen LogP) is 1.42. The minimum atomic E-state index is -0.0571. The highest BCUT2D eigenvalue weighted by molar-refractivity contribution is 5.44. The van der Waals surface area contributed by atoms with Gasteiger partial charge in [0.15, 0.2) is 0 Å². The fourth-order valence-corrected chi connectivity index (χ4v) is 2.49. The molecule has 0 spiro atoms. The van der Waals surface area contributed by atoms with Crippen LogP contribution in [0.2, 0.25) is 0 Å². The highest BCUT2D eigenvalue weighted by Crippen LogP contribution is 2.11. The van der Waals surface area contributed by atoms with Gasteiger partial charge in [-0.2, -0.15) is 0 Å². The molecule has 6 nitrogen and oxygen atoms in total. The first-order chi connectivity index (χ1) is 10.1. The number of hydroxylamine groups is 2. The molecule has 1 aliphatic heterocycles. The Balaban J connectivity index is 1.62. The Labute approximate surface area is 126 Å². The summed E-state index contributed by atoms with van der Waals surface area (Å²) in [4.78, 5) is 4.88. The van der Waals surface area contributed by atoms with E-state index in [1.807, 2.05) is 24.3 Å². The van der Waals surface area contributed by atoms with Gasteiger partial charge in [-0.05, 0) is 37.7 Å². The van der Waals surface area contributed by atoms with Crippen LogP contribution in [0.3, 0.4) is 0 Å². The molecule has 1 aromatic rings. The van der Waals surface area contributed by atoms with Crippen LogP contribution in [-0.4, -0.2) is 66.5 Å². The van der Waals surface area contributed by atoms with Gasteiger partial charge in [-0.3, -0.25) is 5.23 Å². The third-order valence-electron chi connectivity index (χ3n) is 3.85. The van der Waals surface area contributed by atoms with Crippen LogP contribution < -0.4 is 5.32 Å². The van der Waals surface area contributed by atoms with Gasteiger partial charge in [-0.1, -0.05) is 12.1 Å². The second kappa shape index (κ2) is 8.31. The van der Waals surface area contributed by atoms with Gasteiger partial charge in [0.25, 0.3) is 0 Å². The molecular formula is C15H25N4O2-. The summed E-state index contributed by atoms with van der Waals surface area (Å²) in [5.74, 6) is 0. The standard InChI is InChI=1S/C15H25N4O2/c1-17-9-11-18(12-10-17)8-2-7-16-15-5-3-14(4-6-15)13-19(20)21/h3-6,16,20H,2,7-13H2,1H3/q-1. The first-order valence-electron chi connectivity index (χ1n) is 7.51. The summed E-state index contributed by atoms with van der Waals surface area (Å²) in [6.07, 6.45) is 1.12. The number of benzene rings is 1. The van der Waals surface area contributed by atoms with Crippen LogP contribution >= 0.6 is 0 Å². The van der Waals surface area contributed by atoms with Crippen LogP contribution in [0.15, 0.2) is 24.3 Å². The molecule has 2 rings (SSSR count). The SMILES string of the molecule is CN1CCN(CCCNc2ccc(CN([O-])O)cc2)CC1. The number of nitrogens with one attached hydrogen (secondary N) is 1. The van der Waals surface area contributed by atoms with Gasteiger partial charge in [0, 0.05) is 45.0 Å². The Morgan fingerprint density at radius 1 is 1.19 bits per heavy atom. The van der Waals surface area contributed by atoms with Crippen LogP contribution in [0.25, 0.3) is 0 Å². The summed E-state index contributed by atoms with van der Waals surface area (Å²) in [7, 11) is 2.17. The van der Waals surface area contributed by atoms with Crippen molar-refractivity contribution in [1.29, 1.82) is 0 Å². The monoisotopic (exact) mass is 293 g/mol. The fourth-order valence-electron chi connectivity index (χ4n) is 2.49. The first kappa shape index (κ1) is 16.2. The van der Waals surface area contributed by atoms with Crippen LogP contribution in [0.4, 0.5) is 5.69 Å².